The number of carbonyl (C=O) groups excluding carboxylic acids is 1. The number of carbonyl (C=O) groups is 1. The van der Waals surface area contributed by atoms with Gasteiger partial charge < -0.3 is 9.21 Å². The molecule has 1 aromatic rings. The van der Waals surface area contributed by atoms with Crippen molar-refractivity contribution >= 4 is 17.4 Å². The van der Waals surface area contributed by atoms with Crippen molar-refractivity contribution in [2.45, 2.75) is 33.1 Å². The van der Waals surface area contributed by atoms with Gasteiger partial charge in [-0.25, -0.2) is 0 Å². The molecule has 0 aliphatic heterocycles. The van der Waals surface area contributed by atoms with Crippen LogP contribution in [-0.4, -0.2) is 5.78 Å². The van der Waals surface area contributed by atoms with E-state index in [4.69, 9.17) is 16.0 Å². The Morgan fingerprint density at radius 3 is 2.50 bits per heavy atom. The first-order chi connectivity index (χ1) is 6.50. The summed E-state index contributed by atoms with van der Waals surface area (Å²) in [4.78, 5) is 11.1. The minimum absolute atomic E-state index is 0.139. The van der Waals surface area contributed by atoms with Crippen LogP contribution >= 0.6 is 11.6 Å². The Labute approximate surface area is 89.2 Å². The van der Waals surface area contributed by atoms with Gasteiger partial charge in [-0.1, -0.05) is 13.8 Å². The van der Waals surface area contributed by atoms with E-state index in [1.54, 1.807) is 13.0 Å². The molecule has 1 aromatic heterocycles. The van der Waals surface area contributed by atoms with Crippen molar-refractivity contribution in [3.8, 4) is 0 Å². The lowest BCUT2D eigenvalue weighted by atomic mass is 9.89. The van der Waals surface area contributed by atoms with Crippen LogP contribution in [0.4, 0.5) is 0 Å². The number of halogens is 1. The number of furan rings is 1. The highest BCUT2D eigenvalue weighted by atomic mass is 35.5. The molecule has 0 spiro atoms. The second kappa shape index (κ2) is 4.65. The van der Waals surface area contributed by atoms with Gasteiger partial charge in [-0.05, 0) is 36.6 Å². The third-order valence-electron chi connectivity index (χ3n) is 2.27. The Hall–Kier alpha value is -0.760. The van der Waals surface area contributed by atoms with E-state index in [0.29, 0.717) is 17.6 Å². The van der Waals surface area contributed by atoms with Crippen LogP contribution in [0.5, 0.6) is 0 Å². The lowest BCUT2D eigenvalue weighted by Crippen LogP contribution is -2.09. The molecule has 1 atom stereocenters. The molecule has 14 heavy (non-hydrogen) atoms. The lowest BCUT2D eigenvalue weighted by Gasteiger charge is -2.16. The Morgan fingerprint density at radius 1 is 1.50 bits per heavy atom. The second-order valence-corrected chi connectivity index (χ2v) is 4.27. The van der Waals surface area contributed by atoms with Gasteiger partial charge >= 0.3 is 0 Å². The monoisotopic (exact) mass is 214 g/mol. The zero-order valence-electron chi connectivity index (χ0n) is 8.71. The van der Waals surface area contributed by atoms with Crippen molar-refractivity contribution in [1.82, 2.24) is 0 Å². The number of rotatable bonds is 4. The van der Waals surface area contributed by atoms with Crippen LogP contribution in [0.3, 0.4) is 0 Å². The van der Waals surface area contributed by atoms with E-state index in [9.17, 15) is 4.79 Å². The van der Waals surface area contributed by atoms with E-state index in [-0.39, 0.29) is 11.7 Å². The van der Waals surface area contributed by atoms with E-state index < -0.39 is 0 Å². The maximum Gasteiger partial charge on any atom is 0.193 e. The van der Waals surface area contributed by atoms with E-state index in [2.05, 4.69) is 13.8 Å². The van der Waals surface area contributed by atoms with Gasteiger partial charge in [0.25, 0.3) is 0 Å². The summed E-state index contributed by atoms with van der Waals surface area (Å²) in [6.07, 6.45) is 0.515. The van der Waals surface area contributed by atoms with Crippen LogP contribution < -0.4 is 0 Å². The molecular formula is C11H15ClO2. The zero-order chi connectivity index (χ0) is 10.7. The van der Waals surface area contributed by atoms with Gasteiger partial charge in [-0.2, -0.15) is 0 Å². The molecule has 1 unspecified atom stereocenters. The summed E-state index contributed by atoms with van der Waals surface area (Å²) in [5.74, 6) is 1.50. The first-order valence-electron chi connectivity index (χ1n) is 4.75. The molecule has 78 valence electrons. The molecule has 0 bridgehead atoms. The van der Waals surface area contributed by atoms with Crippen molar-refractivity contribution in [3.63, 3.8) is 0 Å². The highest BCUT2D eigenvalue weighted by molar-refractivity contribution is 6.28. The minimum Gasteiger partial charge on any atom is -0.449 e. The summed E-state index contributed by atoms with van der Waals surface area (Å²) < 4.78 is 5.32. The molecule has 2 nitrogen and oxygen atoms in total. The SMILES string of the molecule is CC(=O)CC(c1ccc(Cl)o1)C(C)C. The summed E-state index contributed by atoms with van der Waals surface area (Å²) in [6.45, 7) is 5.74. The van der Waals surface area contributed by atoms with Crippen LogP contribution in [0.1, 0.15) is 38.9 Å². The van der Waals surface area contributed by atoms with Crippen LogP contribution in [0, 0.1) is 5.92 Å². The highest BCUT2D eigenvalue weighted by Gasteiger charge is 2.20. The summed E-state index contributed by atoms with van der Waals surface area (Å²) in [7, 11) is 0. The van der Waals surface area contributed by atoms with Gasteiger partial charge in [0.05, 0.1) is 0 Å². The zero-order valence-corrected chi connectivity index (χ0v) is 9.47. The first-order valence-corrected chi connectivity index (χ1v) is 5.13. The maximum absolute atomic E-state index is 11.1. The average Bonchev–Trinajstić information content (AvgIpc) is 2.46. The Kier molecular flexibility index (Phi) is 3.76. The van der Waals surface area contributed by atoms with Crippen molar-refractivity contribution in [2.75, 3.05) is 0 Å². The Morgan fingerprint density at radius 2 is 2.14 bits per heavy atom. The number of Topliss-reactive ketones (excluding diaryl/α,β-unsaturated/α-hetero) is 1. The van der Waals surface area contributed by atoms with Crippen LogP contribution in [-0.2, 0) is 4.79 Å². The molecule has 0 fully saturated rings. The van der Waals surface area contributed by atoms with Crippen LogP contribution in [0.2, 0.25) is 5.22 Å². The molecule has 1 heterocycles. The number of hydrogen-bond donors (Lipinski definition) is 0. The molecule has 0 N–H and O–H groups in total. The predicted octanol–water partition coefficient (Wildman–Crippen LogP) is 3.65. The molecule has 0 aromatic carbocycles. The van der Waals surface area contributed by atoms with E-state index in [1.165, 1.54) is 0 Å². The minimum atomic E-state index is 0.139. The van der Waals surface area contributed by atoms with Gasteiger partial charge in [0, 0.05) is 12.3 Å². The van der Waals surface area contributed by atoms with Crippen LogP contribution in [0.25, 0.3) is 0 Å². The van der Waals surface area contributed by atoms with Gasteiger partial charge in [0.15, 0.2) is 5.22 Å². The second-order valence-electron chi connectivity index (χ2n) is 3.90. The number of hydrogen-bond acceptors (Lipinski definition) is 2. The Bertz CT molecular complexity index is 315. The average molecular weight is 215 g/mol. The van der Waals surface area contributed by atoms with Crippen molar-refractivity contribution in [1.29, 1.82) is 0 Å². The lowest BCUT2D eigenvalue weighted by molar-refractivity contribution is -0.117. The third kappa shape index (κ3) is 2.88. The predicted molar refractivity (Wildman–Crippen MR) is 56.6 cm³/mol. The summed E-state index contributed by atoms with van der Waals surface area (Å²) in [5, 5.41) is 0.384. The van der Waals surface area contributed by atoms with Crippen molar-refractivity contribution < 1.29 is 9.21 Å². The first kappa shape index (κ1) is 11.3. The largest absolute Gasteiger partial charge is 0.449 e. The molecule has 0 amide bonds. The maximum atomic E-state index is 11.1. The molecule has 0 saturated heterocycles. The van der Waals surface area contributed by atoms with Gasteiger partial charge in [0.2, 0.25) is 0 Å². The molecule has 0 aliphatic carbocycles. The van der Waals surface area contributed by atoms with E-state index in [0.717, 1.165) is 5.76 Å². The summed E-state index contributed by atoms with van der Waals surface area (Å²) in [6, 6.07) is 3.56. The molecular weight excluding hydrogens is 200 g/mol. The molecule has 1 rings (SSSR count). The summed E-state index contributed by atoms with van der Waals surface area (Å²) >= 11 is 5.69. The topological polar surface area (TPSA) is 30.2 Å². The van der Waals surface area contributed by atoms with Gasteiger partial charge in [-0.15, -0.1) is 0 Å². The number of ketones is 1. The smallest absolute Gasteiger partial charge is 0.193 e. The van der Waals surface area contributed by atoms with Crippen molar-refractivity contribution in [2.24, 2.45) is 5.92 Å². The third-order valence-corrected chi connectivity index (χ3v) is 2.47. The Balaban J connectivity index is 2.82. The fourth-order valence-corrected chi connectivity index (χ4v) is 1.65. The molecule has 0 saturated carbocycles. The fourth-order valence-electron chi connectivity index (χ4n) is 1.50. The fraction of sp³-hybridized carbons (Fsp3) is 0.545. The van der Waals surface area contributed by atoms with Gasteiger partial charge in [0.1, 0.15) is 11.5 Å². The summed E-state index contributed by atoms with van der Waals surface area (Å²) in [5.41, 5.74) is 0. The molecule has 0 aliphatic rings. The standard InChI is InChI=1S/C11H15ClO2/c1-7(2)9(6-8(3)13)10-4-5-11(12)14-10/h4-5,7,9H,6H2,1-3H3. The van der Waals surface area contributed by atoms with Crippen LogP contribution in [0.15, 0.2) is 16.5 Å². The molecule has 3 heteroatoms. The van der Waals surface area contributed by atoms with E-state index >= 15 is 0 Å². The van der Waals surface area contributed by atoms with E-state index in [1.807, 2.05) is 6.07 Å². The highest BCUT2D eigenvalue weighted by Crippen LogP contribution is 2.30. The normalized spacial score (nSPS) is 13.2. The molecule has 0 radical (unpaired) electrons. The van der Waals surface area contributed by atoms with Crippen molar-refractivity contribution in [3.05, 3.63) is 23.1 Å². The van der Waals surface area contributed by atoms with Gasteiger partial charge in [-0.3, -0.25) is 0 Å². The quantitative estimate of drug-likeness (QED) is 0.766.